The molecule has 0 spiro atoms. The zero-order chi connectivity index (χ0) is 18.1. The highest BCUT2D eigenvalue weighted by atomic mass is 127. The predicted molar refractivity (Wildman–Crippen MR) is 115 cm³/mol. The van der Waals surface area contributed by atoms with Crippen molar-refractivity contribution in [2.24, 2.45) is 10.4 Å². The minimum absolute atomic E-state index is 0. The van der Waals surface area contributed by atoms with Gasteiger partial charge in [-0.2, -0.15) is 0 Å². The Hall–Kier alpha value is -0.0900. The minimum atomic E-state index is -3.10. The first-order valence-corrected chi connectivity index (χ1v) is 10.3. The third-order valence-corrected chi connectivity index (χ3v) is 5.01. The minimum Gasteiger partial charge on any atom is -0.356 e. The lowest BCUT2D eigenvalue weighted by Gasteiger charge is -2.23. The van der Waals surface area contributed by atoms with E-state index in [2.05, 4.69) is 43.3 Å². The first-order chi connectivity index (χ1) is 10.5. The average molecular weight is 476 g/mol. The molecule has 2 N–H and O–H groups in total. The lowest BCUT2D eigenvalue weighted by atomic mass is 9.89. The van der Waals surface area contributed by atoms with Gasteiger partial charge in [0, 0.05) is 32.7 Å². The van der Waals surface area contributed by atoms with Gasteiger partial charge in [0.1, 0.15) is 0 Å². The van der Waals surface area contributed by atoms with Gasteiger partial charge in [0.2, 0.25) is 10.0 Å². The molecule has 146 valence electrons. The summed E-state index contributed by atoms with van der Waals surface area (Å²) >= 11 is 0. The Labute approximate surface area is 166 Å². The Morgan fingerprint density at radius 1 is 1.29 bits per heavy atom. The fraction of sp³-hybridized carbons (Fsp3) is 0.938. The van der Waals surface area contributed by atoms with E-state index < -0.39 is 10.0 Å². The zero-order valence-electron chi connectivity index (χ0n) is 16.3. The van der Waals surface area contributed by atoms with Crippen LogP contribution in [0.5, 0.6) is 0 Å². The molecule has 1 unspecified atom stereocenters. The van der Waals surface area contributed by atoms with Crippen molar-refractivity contribution in [2.45, 2.75) is 59.9 Å². The molecule has 0 saturated carbocycles. The SMILES string of the molecule is CCN(CCCNC(=NC)NC(C)CCC(C)(C)C)S(C)(=O)=O.I. The largest absolute Gasteiger partial charge is 0.356 e. The number of nitrogens with one attached hydrogen (secondary N) is 2. The molecule has 1 atom stereocenters. The number of sulfonamides is 1. The number of hydrogen-bond acceptors (Lipinski definition) is 3. The Balaban J connectivity index is 0. The van der Waals surface area contributed by atoms with Crippen LogP contribution in [0.1, 0.15) is 53.9 Å². The molecule has 8 heteroatoms. The molecule has 0 saturated heterocycles. The van der Waals surface area contributed by atoms with Gasteiger partial charge in [-0.15, -0.1) is 24.0 Å². The van der Waals surface area contributed by atoms with Gasteiger partial charge in [-0.1, -0.05) is 27.7 Å². The number of hydrogen-bond donors (Lipinski definition) is 2. The van der Waals surface area contributed by atoms with Crippen molar-refractivity contribution in [1.82, 2.24) is 14.9 Å². The Morgan fingerprint density at radius 2 is 1.88 bits per heavy atom. The molecule has 0 aliphatic rings. The van der Waals surface area contributed by atoms with Crippen molar-refractivity contribution in [2.75, 3.05) is 32.9 Å². The molecule has 0 aliphatic heterocycles. The summed E-state index contributed by atoms with van der Waals surface area (Å²) in [7, 11) is -1.35. The van der Waals surface area contributed by atoms with Crippen molar-refractivity contribution in [3.8, 4) is 0 Å². The lowest BCUT2D eigenvalue weighted by Crippen LogP contribution is -2.43. The van der Waals surface area contributed by atoms with Crippen LogP contribution in [-0.4, -0.2) is 57.7 Å². The Morgan fingerprint density at radius 3 is 2.29 bits per heavy atom. The molecule has 0 aromatic carbocycles. The van der Waals surface area contributed by atoms with E-state index in [1.165, 1.54) is 10.6 Å². The smallest absolute Gasteiger partial charge is 0.211 e. The summed E-state index contributed by atoms with van der Waals surface area (Å²) in [6.07, 6.45) is 4.24. The van der Waals surface area contributed by atoms with Crippen molar-refractivity contribution in [1.29, 1.82) is 0 Å². The highest BCUT2D eigenvalue weighted by molar-refractivity contribution is 14.0. The fourth-order valence-electron chi connectivity index (χ4n) is 2.17. The van der Waals surface area contributed by atoms with Gasteiger partial charge in [0.15, 0.2) is 5.96 Å². The molecule has 0 aromatic rings. The first kappa shape index (κ1) is 26.1. The maximum Gasteiger partial charge on any atom is 0.211 e. The molecule has 6 nitrogen and oxygen atoms in total. The van der Waals surface area contributed by atoms with E-state index in [1.54, 1.807) is 7.05 Å². The molecule has 0 heterocycles. The number of guanidine groups is 1. The lowest BCUT2D eigenvalue weighted by molar-refractivity contribution is 0.346. The topological polar surface area (TPSA) is 73.8 Å². The van der Waals surface area contributed by atoms with Gasteiger partial charge in [-0.25, -0.2) is 12.7 Å². The summed E-state index contributed by atoms with van der Waals surface area (Å²) < 4.78 is 24.5. The second kappa shape index (κ2) is 12.3. The van der Waals surface area contributed by atoms with Crippen LogP contribution in [0.3, 0.4) is 0 Å². The third-order valence-electron chi connectivity index (χ3n) is 3.63. The van der Waals surface area contributed by atoms with Crippen LogP contribution in [0.25, 0.3) is 0 Å². The average Bonchev–Trinajstić information content (AvgIpc) is 2.41. The second-order valence-electron chi connectivity index (χ2n) is 7.25. The van der Waals surface area contributed by atoms with Crippen LogP contribution in [0, 0.1) is 5.41 Å². The van der Waals surface area contributed by atoms with E-state index >= 15 is 0 Å². The Bertz CT molecular complexity index is 461. The highest BCUT2D eigenvalue weighted by Gasteiger charge is 2.14. The van der Waals surface area contributed by atoms with E-state index in [0.29, 0.717) is 31.1 Å². The summed E-state index contributed by atoms with van der Waals surface area (Å²) in [6, 6.07) is 0.351. The van der Waals surface area contributed by atoms with Crippen molar-refractivity contribution >= 4 is 40.0 Å². The van der Waals surface area contributed by atoms with E-state index in [9.17, 15) is 8.42 Å². The molecule has 24 heavy (non-hydrogen) atoms. The van der Waals surface area contributed by atoms with Gasteiger partial charge < -0.3 is 10.6 Å². The van der Waals surface area contributed by atoms with E-state index in [1.807, 2.05) is 6.92 Å². The fourth-order valence-corrected chi connectivity index (χ4v) is 3.10. The van der Waals surface area contributed by atoms with E-state index in [4.69, 9.17) is 0 Å². The van der Waals surface area contributed by atoms with Crippen LogP contribution in [-0.2, 0) is 10.0 Å². The van der Waals surface area contributed by atoms with Gasteiger partial charge in [0.25, 0.3) is 0 Å². The number of rotatable bonds is 9. The maximum atomic E-state index is 11.5. The molecule has 0 amide bonds. The van der Waals surface area contributed by atoms with Gasteiger partial charge in [-0.3, -0.25) is 4.99 Å². The normalized spacial score (nSPS) is 14.2. The molecule has 0 fully saturated rings. The van der Waals surface area contributed by atoms with E-state index in [0.717, 1.165) is 25.2 Å². The predicted octanol–water partition coefficient (Wildman–Crippen LogP) is 2.66. The van der Waals surface area contributed by atoms with E-state index in [-0.39, 0.29) is 24.0 Å². The van der Waals surface area contributed by atoms with Crippen LogP contribution in [0.15, 0.2) is 4.99 Å². The molecular formula is C16H37IN4O2S. The van der Waals surface area contributed by atoms with Crippen LogP contribution >= 0.6 is 24.0 Å². The quantitative estimate of drug-likeness (QED) is 0.232. The van der Waals surface area contributed by atoms with Gasteiger partial charge in [-0.05, 0) is 31.6 Å². The molecule has 0 radical (unpaired) electrons. The number of aliphatic imine (C=N–C) groups is 1. The summed E-state index contributed by atoms with van der Waals surface area (Å²) in [5, 5.41) is 6.62. The monoisotopic (exact) mass is 476 g/mol. The van der Waals surface area contributed by atoms with Crippen LogP contribution in [0.2, 0.25) is 0 Å². The zero-order valence-corrected chi connectivity index (χ0v) is 19.5. The summed E-state index contributed by atoms with van der Waals surface area (Å²) in [6.45, 7) is 12.5. The standard InChI is InChI=1S/C16H36N4O2S.HI/c1-8-20(23(7,21)22)13-9-12-18-15(17-6)19-14(2)10-11-16(3,4)5;/h14H,8-13H2,1-7H3,(H2,17,18,19);1H. The second-order valence-corrected chi connectivity index (χ2v) is 9.23. The molecule has 0 aliphatic carbocycles. The molecule has 0 bridgehead atoms. The summed E-state index contributed by atoms with van der Waals surface area (Å²) in [4.78, 5) is 4.22. The molecule has 0 aromatic heterocycles. The number of nitrogens with zero attached hydrogens (tertiary/aromatic N) is 2. The third kappa shape index (κ3) is 13.2. The van der Waals surface area contributed by atoms with Crippen molar-refractivity contribution in [3.05, 3.63) is 0 Å². The highest BCUT2D eigenvalue weighted by Crippen LogP contribution is 2.21. The molecule has 0 rings (SSSR count). The molecular weight excluding hydrogens is 439 g/mol. The van der Waals surface area contributed by atoms with Gasteiger partial charge in [0.05, 0.1) is 6.26 Å². The van der Waals surface area contributed by atoms with Crippen LogP contribution in [0.4, 0.5) is 0 Å². The van der Waals surface area contributed by atoms with Crippen LogP contribution < -0.4 is 10.6 Å². The summed E-state index contributed by atoms with van der Waals surface area (Å²) in [5.74, 6) is 0.772. The maximum absolute atomic E-state index is 11.5. The summed E-state index contributed by atoms with van der Waals surface area (Å²) in [5.41, 5.74) is 0.335. The van der Waals surface area contributed by atoms with Crippen molar-refractivity contribution < 1.29 is 8.42 Å². The number of halogens is 1. The Kier molecular flexibility index (Phi) is 13.4. The first-order valence-electron chi connectivity index (χ1n) is 8.42. The van der Waals surface area contributed by atoms with Crippen molar-refractivity contribution in [3.63, 3.8) is 0 Å². The van der Waals surface area contributed by atoms with Gasteiger partial charge >= 0.3 is 0 Å².